The Morgan fingerprint density at radius 2 is 1.39 bits per heavy atom. The predicted molar refractivity (Wildman–Crippen MR) is 71.9 cm³/mol. The number of benzene rings is 2. The molecule has 0 atom stereocenters. The van der Waals surface area contributed by atoms with Gasteiger partial charge in [-0.1, -0.05) is 42.5 Å². The topological polar surface area (TPSA) is 37.3 Å². The van der Waals surface area contributed by atoms with Gasteiger partial charge in [0.15, 0.2) is 0 Å². The quantitative estimate of drug-likeness (QED) is 0.867. The second-order valence-electron chi connectivity index (χ2n) is 4.34. The molecule has 2 heteroatoms. The molecule has 92 valence electrons. The SMILES string of the molecule is O=C(O)c1ccc(CCCc2ccccc2)cc1. The van der Waals surface area contributed by atoms with Crippen LogP contribution in [0.2, 0.25) is 0 Å². The lowest BCUT2D eigenvalue weighted by atomic mass is 10.0. The van der Waals surface area contributed by atoms with Crippen molar-refractivity contribution < 1.29 is 9.90 Å². The molecule has 18 heavy (non-hydrogen) atoms. The first-order chi connectivity index (χ1) is 8.75. The third kappa shape index (κ3) is 3.45. The van der Waals surface area contributed by atoms with E-state index in [9.17, 15) is 4.79 Å². The normalized spacial score (nSPS) is 10.2. The highest BCUT2D eigenvalue weighted by Gasteiger charge is 2.01. The summed E-state index contributed by atoms with van der Waals surface area (Å²) in [5.74, 6) is -0.870. The van der Waals surface area contributed by atoms with Crippen LogP contribution in [0.25, 0.3) is 0 Å². The summed E-state index contributed by atoms with van der Waals surface area (Å²) in [5, 5.41) is 8.80. The minimum absolute atomic E-state index is 0.349. The molecular formula is C16H16O2. The third-order valence-electron chi connectivity index (χ3n) is 2.97. The monoisotopic (exact) mass is 240 g/mol. The molecule has 0 saturated carbocycles. The van der Waals surface area contributed by atoms with E-state index in [4.69, 9.17) is 5.11 Å². The standard InChI is InChI=1S/C16H16O2/c17-16(18)15-11-9-14(10-12-15)8-4-7-13-5-2-1-3-6-13/h1-3,5-6,9-12H,4,7-8H2,(H,17,18). The largest absolute Gasteiger partial charge is 0.478 e. The molecule has 0 radical (unpaired) electrons. The van der Waals surface area contributed by atoms with Gasteiger partial charge >= 0.3 is 5.97 Å². The first-order valence-corrected chi connectivity index (χ1v) is 6.12. The fourth-order valence-electron chi connectivity index (χ4n) is 1.96. The highest BCUT2D eigenvalue weighted by atomic mass is 16.4. The Hall–Kier alpha value is -2.09. The van der Waals surface area contributed by atoms with Gasteiger partial charge in [0, 0.05) is 0 Å². The molecular weight excluding hydrogens is 224 g/mol. The van der Waals surface area contributed by atoms with Crippen LogP contribution >= 0.6 is 0 Å². The number of carboxylic acid groups (broad SMARTS) is 1. The number of rotatable bonds is 5. The van der Waals surface area contributed by atoms with E-state index < -0.39 is 5.97 Å². The molecule has 0 spiro atoms. The smallest absolute Gasteiger partial charge is 0.335 e. The Balaban J connectivity index is 1.85. The highest BCUT2D eigenvalue weighted by Crippen LogP contribution is 2.09. The summed E-state index contributed by atoms with van der Waals surface area (Å²) < 4.78 is 0. The van der Waals surface area contributed by atoms with Gasteiger partial charge in [0.05, 0.1) is 5.56 Å². The lowest BCUT2D eigenvalue weighted by molar-refractivity contribution is 0.0697. The van der Waals surface area contributed by atoms with Gasteiger partial charge in [-0.05, 0) is 42.5 Å². The van der Waals surface area contributed by atoms with Crippen LogP contribution in [-0.4, -0.2) is 11.1 Å². The molecule has 0 aliphatic heterocycles. The molecule has 0 aromatic heterocycles. The molecule has 0 heterocycles. The predicted octanol–water partition coefficient (Wildman–Crippen LogP) is 3.56. The van der Waals surface area contributed by atoms with Crippen LogP contribution in [0.1, 0.15) is 27.9 Å². The lowest BCUT2D eigenvalue weighted by Crippen LogP contribution is -1.96. The van der Waals surface area contributed by atoms with Crippen LogP contribution in [0.15, 0.2) is 54.6 Å². The maximum Gasteiger partial charge on any atom is 0.335 e. The van der Waals surface area contributed by atoms with E-state index in [2.05, 4.69) is 24.3 Å². The van der Waals surface area contributed by atoms with E-state index in [1.807, 2.05) is 18.2 Å². The van der Waals surface area contributed by atoms with Gasteiger partial charge < -0.3 is 5.11 Å². The third-order valence-corrected chi connectivity index (χ3v) is 2.97. The first kappa shape index (κ1) is 12.4. The summed E-state index contributed by atoms with van der Waals surface area (Å²) in [6.07, 6.45) is 3.12. The second-order valence-corrected chi connectivity index (χ2v) is 4.34. The van der Waals surface area contributed by atoms with Crippen molar-refractivity contribution in [1.29, 1.82) is 0 Å². The van der Waals surface area contributed by atoms with Crippen molar-refractivity contribution in [3.8, 4) is 0 Å². The van der Waals surface area contributed by atoms with E-state index >= 15 is 0 Å². The summed E-state index contributed by atoms with van der Waals surface area (Å²) in [6, 6.07) is 17.5. The van der Waals surface area contributed by atoms with Gasteiger partial charge in [-0.15, -0.1) is 0 Å². The second kappa shape index (κ2) is 6.01. The Kier molecular flexibility index (Phi) is 4.13. The van der Waals surface area contributed by atoms with Gasteiger partial charge in [-0.3, -0.25) is 0 Å². The van der Waals surface area contributed by atoms with E-state index in [1.54, 1.807) is 12.1 Å². The highest BCUT2D eigenvalue weighted by molar-refractivity contribution is 5.87. The maximum absolute atomic E-state index is 10.7. The minimum Gasteiger partial charge on any atom is -0.478 e. The Morgan fingerprint density at radius 1 is 0.833 bits per heavy atom. The van der Waals surface area contributed by atoms with Crippen molar-refractivity contribution in [2.45, 2.75) is 19.3 Å². The summed E-state index contributed by atoms with van der Waals surface area (Å²) in [7, 11) is 0. The van der Waals surface area contributed by atoms with Gasteiger partial charge in [0.1, 0.15) is 0 Å². The summed E-state index contributed by atoms with van der Waals surface area (Å²) in [6.45, 7) is 0. The van der Waals surface area contributed by atoms with Crippen molar-refractivity contribution >= 4 is 5.97 Å². The van der Waals surface area contributed by atoms with Crippen LogP contribution in [0.5, 0.6) is 0 Å². The van der Waals surface area contributed by atoms with Crippen molar-refractivity contribution in [3.63, 3.8) is 0 Å². The molecule has 2 rings (SSSR count). The molecule has 2 aromatic carbocycles. The van der Waals surface area contributed by atoms with Crippen molar-refractivity contribution in [3.05, 3.63) is 71.3 Å². The lowest BCUT2D eigenvalue weighted by Gasteiger charge is -2.03. The average Bonchev–Trinajstić information content (AvgIpc) is 2.40. The van der Waals surface area contributed by atoms with Gasteiger partial charge in [-0.25, -0.2) is 4.79 Å². The van der Waals surface area contributed by atoms with E-state index in [1.165, 1.54) is 11.1 Å². The molecule has 1 N–H and O–H groups in total. The Labute approximate surface area is 107 Å². The molecule has 2 aromatic rings. The van der Waals surface area contributed by atoms with Crippen molar-refractivity contribution in [1.82, 2.24) is 0 Å². The number of carbonyl (C=O) groups is 1. The van der Waals surface area contributed by atoms with Crippen LogP contribution in [-0.2, 0) is 12.8 Å². The number of hydrogen-bond donors (Lipinski definition) is 1. The van der Waals surface area contributed by atoms with Gasteiger partial charge in [0.2, 0.25) is 0 Å². The molecule has 0 aliphatic rings. The first-order valence-electron chi connectivity index (χ1n) is 6.12. The zero-order valence-corrected chi connectivity index (χ0v) is 10.2. The summed E-state index contributed by atoms with van der Waals surface area (Å²) in [5.41, 5.74) is 2.89. The van der Waals surface area contributed by atoms with Crippen LogP contribution in [0.4, 0.5) is 0 Å². The average molecular weight is 240 g/mol. The fourth-order valence-corrected chi connectivity index (χ4v) is 1.96. The minimum atomic E-state index is -0.870. The van der Waals surface area contributed by atoms with Crippen LogP contribution < -0.4 is 0 Å². The maximum atomic E-state index is 10.7. The Morgan fingerprint density at radius 3 is 1.94 bits per heavy atom. The summed E-state index contributed by atoms with van der Waals surface area (Å²) >= 11 is 0. The zero-order valence-electron chi connectivity index (χ0n) is 10.2. The van der Waals surface area contributed by atoms with Crippen LogP contribution in [0.3, 0.4) is 0 Å². The summed E-state index contributed by atoms with van der Waals surface area (Å²) in [4.78, 5) is 10.7. The van der Waals surface area contributed by atoms with E-state index in [0.29, 0.717) is 5.56 Å². The number of aryl methyl sites for hydroxylation is 2. The zero-order chi connectivity index (χ0) is 12.8. The van der Waals surface area contributed by atoms with Crippen molar-refractivity contribution in [2.24, 2.45) is 0 Å². The van der Waals surface area contributed by atoms with Crippen molar-refractivity contribution in [2.75, 3.05) is 0 Å². The molecule has 0 unspecified atom stereocenters. The van der Waals surface area contributed by atoms with E-state index in [-0.39, 0.29) is 0 Å². The van der Waals surface area contributed by atoms with E-state index in [0.717, 1.165) is 19.3 Å². The number of aromatic carboxylic acids is 1. The van der Waals surface area contributed by atoms with Crippen LogP contribution in [0, 0.1) is 0 Å². The molecule has 0 aliphatic carbocycles. The molecule has 2 nitrogen and oxygen atoms in total. The Bertz CT molecular complexity index is 500. The molecule has 0 fully saturated rings. The molecule has 0 bridgehead atoms. The number of hydrogen-bond acceptors (Lipinski definition) is 1. The molecule has 0 saturated heterocycles. The van der Waals surface area contributed by atoms with Gasteiger partial charge in [0.25, 0.3) is 0 Å². The van der Waals surface area contributed by atoms with Gasteiger partial charge in [-0.2, -0.15) is 0 Å². The number of carboxylic acids is 1. The fraction of sp³-hybridized carbons (Fsp3) is 0.188. The molecule has 0 amide bonds.